The lowest BCUT2D eigenvalue weighted by Gasteiger charge is -2.40. The summed E-state index contributed by atoms with van der Waals surface area (Å²) in [6.45, 7) is 6.81. The molecule has 1 aliphatic heterocycles. The van der Waals surface area contributed by atoms with Crippen LogP contribution in [-0.2, 0) is 0 Å². The van der Waals surface area contributed by atoms with Crippen molar-refractivity contribution in [1.29, 1.82) is 0 Å². The summed E-state index contributed by atoms with van der Waals surface area (Å²) in [7, 11) is 4.64. The van der Waals surface area contributed by atoms with E-state index in [4.69, 9.17) is 0 Å². The van der Waals surface area contributed by atoms with E-state index in [9.17, 15) is 0 Å². The standard InChI is InChI=1S/C19H25N2S/c1-5-21(3,4)15(2)14-20-16-10-6-8-12-18(16)22-19-13-9-7-11-17(19)20/h6-13,15H,5,14H2,1-4H3/q+1. The molecule has 0 bridgehead atoms. The van der Waals surface area contributed by atoms with E-state index in [1.165, 1.54) is 21.2 Å². The Morgan fingerprint density at radius 3 is 1.95 bits per heavy atom. The van der Waals surface area contributed by atoms with E-state index in [-0.39, 0.29) is 0 Å². The zero-order chi connectivity index (χ0) is 15.7. The fourth-order valence-corrected chi connectivity index (χ4v) is 3.87. The molecular formula is C19H25N2S+. The molecule has 3 heteroatoms. The Morgan fingerprint density at radius 2 is 1.45 bits per heavy atom. The Bertz CT molecular complexity index is 620. The van der Waals surface area contributed by atoms with Gasteiger partial charge in [-0.25, -0.2) is 0 Å². The van der Waals surface area contributed by atoms with Crippen LogP contribution in [0.15, 0.2) is 58.3 Å². The van der Waals surface area contributed by atoms with Crippen molar-refractivity contribution in [3.05, 3.63) is 48.5 Å². The van der Waals surface area contributed by atoms with Crippen LogP contribution in [0.1, 0.15) is 13.8 Å². The van der Waals surface area contributed by atoms with Crippen LogP contribution < -0.4 is 4.90 Å². The summed E-state index contributed by atoms with van der Waals surface area (Å²) < 4.78 is 1.04. The molecule has 1 aliphatic rings. The number of hydrogen-bond donors (Lipinski definition) is 0. The molecule has 0 spiro atoms. The van der Waals surface area contributed by atoms with Crippen LogP contribution in [0, 0.1) is 0 Å². The third kappa shape index (κ3) is 2.75. The van der Waals surface area contributed by atoms with E-state index in [0.29, 0.717) is 6.04 Å². The van der Waals surface area contributed by atoms with E-state index in [2.05, 4.69) is 81.4 Å². The smallest absolute Gasteiger partial charge is 0.104 e. The molecule has 0 fully saturated rings. The van der Waals surface area contributed by atoms with Crippen molar-refractivity contribution in [2.75, 3.05) is 32.1 Å². The first-order valence-electron chi connectivity index (χ1n) is 7.99. The maximum atomic E-state index is 2.50. The summed E-state index contributed by atoms with van der Waals surface area (Å²) in [4.78, 5) is 5.21. The Hall–Kier alpha value is -1.45. The van der Waals surface area contributed by atoms with Gasteiger partial charge >= 0.3 is 0 Å². The third-order valence-corrected chi connectivity index (χ3v) is 6.12. The largest absolute Gasteiger partial charge is 0.334 e. The molecule has 2 aromatic rings. The highest BCUT2D eigenvalue weighted by Gasteiger charge is 2.29. The van der Waals surface area contributed by atoms with Gasteiger partial charge in [0, 0.05) is 9.79 Å². The predicted octanol–water partition coefficient (Wildman–Crippen LogP) is 4.77. The van der Waals surface area contributed by atoms with Crippen molar-refractivity contribution in [2.24, 2.45) is 0 Å². The summed E-state index contributed by atoms with van der Waals surface area (Å²) in [6.07, 6.45) is 0. The first-order chi connectivity index (χ1) is 10.5. The third-order valence-electron chi connectivity index (χ3n) is 4.99. The highest BCUT2D eigenvalue weighted by molar-refractivity contribution is 7.99. The topological polar surface area (TPSA) is 3.24 Å². The minimum Gasteiger partial charge on any atom is -0.334 e. The van der Waals surface area contributed by atoms with Gasteiger partial charge in [0.2, 0.25) is 0 Å². The minimum absolute atomic E-state index is 0.564. The van der Waals surface area contributed by atoms with E-state index in [1.54, 1.807) is 0 Å². The minimum atomic E-state index is 0.564. The number of benzene rings is 2. The first kappa shape index (κ1) is 15.4. The molecule has 0 N–H and O–H groups in total. The Labute approximate surface area is 138 Å². The number of nitrogens with zero attached hydrogens (tertiary/aromatic N) is 2. The van der Waals surface area contributed by atoms with Crippen molar-refractivity contribution in [3.63, 3.8) is 0 Å². The van der Waals surface area contributed by atoms with E-state index in [0.717, 1.165) is 17.6 Å². The molecule has 22 heavy (non-hydrogen) atoms. The molecule has 2 aromatic carbocycles. The van der Waals surface area contributed by atoms with Gasteiger partial charge in [0.15, 0.2) is 0 Å². The van der Waals surface area contributed by atoms with Gasteiger partial charge in [0.1, 0.15) is 6.04 Å². The van der Waals surface area contributed by atoms with Crippen molar-refractivity contribution < 1.29 is 4.48 Å². The van der Waals surface area contributed by atoms with Crippen molar-refractivity contribution in [2.45, 2.75) is 29.7 Å². The Kier molecular flexibility index (Phi) is 4.20. The number of anilines is 2. The lowest BCUT2D eigenvalue weighted by molar-refractivity contribution is -0.909. The molecule has 1 unspecified atom stereocenters. The van der Waals surface area contributed by atoms with Crippen LogP contribution in [-0.4, -0.2) is 37.7 Å². The number of fused-ring (bicyclic) bond motifs is 2. The van der Waals surface area contributed by atoms with Crippen molar-refractivity contribution >= 4 is 23.1 Å². The second kappa shape index (κ2) is 5.98. The monoisotopic (exact) mass is 313 g/mol. The summed E-state index contributed by atoms with van der Waals surface area (Å²) in [5.74, 6) is 0. The molecule has 0 radical (unpaired) electrons. The molecule has 0 aromatic heterocycles. The Balaban J connectivity index is 2.00. The molecule has 116 valence electrons. The predicted molar refractivity (Wildman–Crippen MR) is 96.1 cm³/mol. The molecular weight excluding hydrogens is 288 g/mol. The molecule has 3 rings (SSSR count). The number of hydrogen-bond acceptors (Lipinski definition) is 2. The summed E-state index contributed by atoms with van der Waals surface area (Å²) >= 11 is 1.88. The fraction of sp³-hybridized carbons (Fsp3) is 0.368. The maximum Gasteiger partial charge on any atom is 0.104 e. The Morgan fingerprint density at radius 1 is 0.955 bits per heavy atom. The van der Waals surface area contributed by atoms with Crippen LogP contribution in [0.5, 0.6) is 0 Å². The lowest BCUT2D eigenvalue weighted by Crippen LogP contribution is -2.51. The number of quaternary nitrogens is 1. The highest BCUT2D eigenvalue weighted by Crippen LogP contribution is 2.47. The van der Waals surface area contributed by atoms with Gasteiger partial charge in [-0.2, -0.15) is 0 Å². The molecule has 1 atom stereocenters. The van der Waals surface area contributed by atoms with Crippen molar-refractivity contribution in [3.8, 4) is 0 Å². The second-order valence-corrected chi connectivity index (χ2v) is 7.68. The SMILES string of the molecule is CC[N+](C)(C)C(C)CN1c2ccccc2Sc2ccccc21. The molecule has 0 saturated heterocycles. The zero-order valence-corrected chi connectivity index (χ0v) is 14.7. The van der Waals surface area contributed by atoms with E-state index < -0.39 is 0 Å². The molecule has 1 heterocycles. The zero-order valence-electron chi connectivity index (χ0n) is 13.9. The molecule has 0 aliphatic carbocycles. The van der Waals surface area contributed by atoms with Crippen molar-refractivity contribution in [1.82, 2.24) is 0 Å². The van der Waals surface area contributed by atoms with Crippen LogP contribution >= 0.6 is 11.8 Å². The molecule has 0 amide bonds. The number of likely N-dealkylation sites (N-methyl/N-ethyl adjacent to an activating group) is 1. The average Bonchev–Trinajstić information content (AvgIpc) is 2.54. The van der Waals surface area contributed by atoms with E-state index >= 15 is 0 Å². The van der Waals surface area contributed by atoms with Gasteiger partial charge in [-0.15, -0.1) is 0 Å². The average molecular weight is 313 g/mol. The number of para-hydroxylation sites is 2. The summed E-state index contributed by atoms with van der Waals surface area (Å²) in [6, 6.07) is 18.1. The summed E-state index contributed by atoms with van der Waals surface area (Å²) in [5.41, 5.74) is 2.68. The maximum absolute atomic E-state index is 2.50. The quantitative estimate of drug-likeness (QED) is 0.748. The molecule has 0 saturated carbocycles. The number of rotatable bonds is 4. The second-order valence-electron chi connectivity index (χ2n) is 6.59. The van der Waals surface area contributed by atoms with Crippen LogP contribution in [0.2, 0.25) is 0 Å². The first-order valence-corrected chi connectivity index (χ1v) is 8.80. The summed E-state index contributed by atoms with van der Waals surface area (Å²) in [5, 5.41) is 0. The van der Waals surface area contributed by atoms with Crippen LogP contribution in [0.25, 0.3) is 0 Å². The van der Waals surface area contributed by atoms with E-state index in [1.807, 2.05) is 11.8 Å². The normalized spacial score (nSPS) is 15.2. The van der Waals surface area contributed by atoms with Gasteiger partial charge in [-0.05, 0) is 38.1 Å². The fourth-order valence-electron chi connectivity index (χ4n) is 2.77. The molecule has 2 nitrogen and oxygen atoms in total. The van der Waals surface area contributed by atoms with Gasteiger partial charge in [-0.3, -0.25) is 0 Å². The highest BCUT2D eigenvalue weighted by atomic mass is 32.2. The lowest BCUT2D eigenvalue weighted by atomic mass is 10.1. The van der Waals surface area contributed by atoms with Gasteiger partial charge in [-0.1, -0.05) is 36.0 Å². The van der Waals surface area contributed by atoms with Crippen LogP contribution in [0.3, 0.4) is 0 Å². The van der Waals surface area contributed by atoms with Crippen LogP contribution in [0.4, 0.5) is 11.4 Å². The van der Waals surface area contributed by atoms with Gasteiger partial charge < -0.3 is 9.38 Å². The van der Waals surface area contributed by atoms with Gasteiger partial charge in [0.25, 0.3) is 0 Å². The van der Waals surface area contributed by atoms with Gasteiger partial charge in [0.05, 0.1) is 38.6 Å².